The summed E-state index contributed by atoms with van der Waals surface area (Å²) in [6.07, 6.45) is 6.73. The van der Waals surface area contributed by atoms with Crippen LogP contribution in [0.25, 0.3) is 0 Å². The zero-order chi connectivity index (χ0) is 12.1. The highest BCUT2D eigenvalue weighted by molar-refractivity contribution is 5.76. The minimum atomic E-state index is 0.0928. The van der Waals surface area contributed by atoms with Crippen LogP contribution in [0, 0.1) is 0 Å². The number of nitrogens with zero attached hydrogens (tertiary/aromatic N) is 3. The number of likely N-dealkylation sites (tertiary alicyclic amines) is 1. The summed E-state index contributed by atoms with van der Waals surface area (Å²) >= 11 is 0. The molecule has 17 heavy (non-hydrogen) atoms. The number of aromatic nitrogens is 2. The van der Waals surface area contributed by atoms with Crippen molar-refractivity contribution in [3.63, 3.8) is 0 Å². The van der Waals surface area contributed by atoms with Gasteiger partial charge >= 0.3 is 0 Å². The van der Waals surface area contributed by atoms with Gasteiger partial charge in [-0.1, -0.05) is 0 Å². The molecule has 0 unspecified atom stereocenters. The van der Waals surface area contributed by atoms with Gasteiger partial charge in [0.2, 0.25) is 5.91 Å². The van der Waals surface area contributed by atoms with Crippen molar-refractivity contribution < 1.29 is 9.90 Å². The van der Waals surface area contributed by atoms with E-state index in [4.69, 9.17) is 5.11 Å². The molecule has 0 atom stereocenters. The zero-order valence-corrected chi connectivity index (χ0v) is 9.96. The highest BCUT2D eigenvalue weighted by Gasteiger charge is 2.23. The molecular weight excluding hydrogens is 218 g/mol. The minimum absolute atomic E-state index is 0.0928. The second-order valence-electron chi connectivity index (χ2n) is 4.43. The Morgan fingerprint density at radius 1 is 1.41 bits per heavy atom. The summed E-state index contributed by atoms with van der Waals surface area (Å²) in [5, 5.41) is 12.9. The van der Waals surface area contributed by atoms with Crippen molar-refractivity contribution in [1.29, 1.82) is 0 Å². The van der Waals surface area contributed by atoms with Crippen molar-refractivity contribution in [2.24, 2.45) is 0 Å². The predicted octanol–water partition coefficient (Wildman–Crippen LogP) is 0.819. The van der Waals surface area contributed by atoms with Crippen molar-refractivity contribution in [2.45, 2.75) is 31.7 Å². The molecule has 94 valence electrons. The first-order chi connectivity index (χ1) is 8.31. The van der Waals surface area contributed by atoms with Gasteiger partial charge in [0, 0.05) is 38.5 Å². The highest BCUT2D eigenvalue weighted by Crippen LogP contribution is 2.21. The van der Waals surface area contributed by atoms with Gasteiger partial charge in [0.25, 0.3) is 0 Å². The first-order valence-corrected chi connectivity index (χ1v) is 6.19. The number of aliphatic hydroxyl groups is 1. The van der Waals surface area contributed by atoms with Gasteiger partial charge in [0.05, 0.1) is 6.04 Å². The summed E-state index contributed by atoms with van der Waals surface area (Å²) < 4.78 is 1.98. The quantitative estimate of drug-likeness (QED) is 0.843. The standard InChI is InChI=1S/C12H19N3O2/c16-10-1-3-12(17)14-8-4-11(5-9-14)15-7-2-6-13-15/h2,6-7,11,16H,1,3-5,8-10H2. The molecule has 0 aliphatic carbocycles. The van der Waals surface area contributed by atoms with E-state index in [1.807, 2.05) is 21.8 Å². The Balaban J connectivity index is 1.80. The molecule has 0 saturated carbocycles. The molecule has 1 aromatic rings. The van der Waals surface area contributed by atoms with Gasteiger partial charge in [-0.05, 0) is 25.3 Å². The first kappa shape index (κ1) is 12.1. The number of carbonyl (C=O) groups is 1. The Kier molecular flexibility index (Phi) is 4.14. The van der Waals surface area contributed by atoms with Gasteiger partial charge in [-0.15, -0.1) is 0 Å². The van der Waals surface area contributed by atoms with Crippen LogP contribution in [0.15, 0.2) is 18.5 Å². The van der Waals surface area contributed by atoms with E-state index in [-0.39, 0.29) is 12.5 Å². The molecule has 0 spiro atoms. The summed E-state index contributed by atoms with van der Waals surface area (Å²) in [5.41, 5.74) is 0. The van der Waals surface area contributed by atoms with E-state index in [2.05, 4.69) is 5.10 Å². The Morgan fingerprint density at radius 3 is 2.76 bits per heavy atom. The van der Waals surface area contributed by atoms with Crippen molar-refractivity contribution >= 4 is 5.91 Å². The van der Waals surface area contributed by atoms with E-state index >= 15 is 0 Å². The van der Waals surface area contributed by atoms with Gasteiger partial charge < -0.3 is 10.0 Å². The Bertz CT molecular complexity index is 343. The lowest BCUT2D eigenvalue weighted by atomic mass is 10.0. The van der Waals surface area contributed by atoms with E-state index in [1.165, 1.54) is 0 Å². The fourth-order valence-corrected chi connectivity index (χ4v) is 2.26. The average Bonchev–Trinajstić information content (AvgIpc) is 2.90. The van der Waals surface area contributed by atoms with E-state index in [1.54, 1.807) is 6.20 Å². The third-order valence-corrected chi connectivity index (χ3v) is 3.26. The number of hydrogen-bond donors (Lipinski definition) is 1. The first-order valence-electron chi connectivity index (χ1n) is 6.19. The van der Waals surface area contributed by atoms with Crippen LogP contribution in [0.3, 0.4) is 0 Å². The number of rotatable bonds is 4. The van der Waals surface area contributed by atoms with E-state index in [0.717, 1.165) is 25.9 Å². The fraction of sp³-hybridized carbons (Fsp3) is 0.667. The number of aliphatic hydroxyl groups excluding tert-OH is 1. The summed E-state index contributed by atoms with van der Waals surface area (Å²) in [4.78, 5) is 13.6. The van der Waals surface area contributed by atoms with E-state index < -0.39 is 0 Å². The monoisotopic (exact) mass is 237 g/mol. The van der Waals surface area contributed by atoms with Crippen molar-refractivity contribution in [3.8, 4) is 0 Å². The molecule has 0 aromatic carbocycles. The average molecular weight is 237 g/mol. The fourth-order valence-electron chi connectivity index (χ4n) is 2.26. The molecule has 1 N–H and O–H groups in total. The maximum Gasteiger partial charge on any atom is 0.222 e. The second-order valence-corrected chi connectivity index (χ2v) is 4.43. The molecule has 5 heteroatoms. The maximum absolute atomic E-state index is 11.7. The van der Waals surface area contributed by atoms with Crippen LogP contribution in [0.4, 0.5) is 0 Å². The van der Waals surface area contributed by atoms with Gasteiger partial charge in [-0.3, -0.25) is 9.48 Å². The van der Waals surface area contributed by atoms with Gasteiger partial charge in [0.15, 0.2) is 0 Å². The molecule has 2 rings (SSSR count). The molecule has 1 saturated heterocycles. The maximum atomic E-state index is 11.7. The van der Waals surface area contributed by atoms with Gasteiger partial charge in [0.1, 0.15) is 0 Å². The van der Waals surface area contributed by atoms with Crippen LogP contribution in [0.5, 0.6) is 0 Å². The number of piperidine rings is 1. The van der Waals surface area contributed by atoms with Crippen LogP contribution < -0.4 is 0 Å². The normalized spacial score (nSPS) is 17.4. The summed E-state index contributed by atoms with van der Waals surface area (Å²) in [6, 6.07) is 2.35. The van der Waals surface area contributed by atoms with E-state index in [9.17, 15) is 4.79 Å². The Labute approximate surface area is 101 Å². The Hall–Kier alpha value is -1.36. The lowest BCUT2D eigenvalue weighted by Crippen LogP contribution is -2.39. The number of amides is 1. The zero-order valence-electron chi connectivity index (χ0n) is 9.96. The van der Waals surface area contributed by atoms with Crippen molar-refractivity contribution in [2.75, 3.05) is 19.7 Å². The van der Waals surface area contributed by atoms with Crippen LogP contribution in [-0.4, -0.2) is 45.4 Å². The van der Waals surface area contributed by atoms with Crippen LogP contribution in [0.1, 0.15) is 31.7 Å². The van der Waals surface area contributed by atoms with Crippen LogP contribution >= 0.6 is 0 Å². The van der Waals surface area contributed by atoms with Gasteiger partial charge in [-0.25, -0.2) is 0 Å². The lowest BCUT2D eigenvalue weighted by Gasteiger charge is -2.32. The largest absolute Gasteiger partial charge is 0.396 e. The third-order valence-electron chi connectivity index (χ3n) is 3.26. The van der Waals surface area contributed by atoms with Crippen molar-refractivity contribution in [1.82, 2.24) is 14.7 Å². The molecule has 5 nitrogen and oxygen atoms in total. The SMILES string of the molecule is O=C(CCCO)N1CCC(n2cccn2)CC1. The van der Waals surface area contributed by atoms with Crippen molar-refractivity contribution in [3.05, 3.63) is 18.5 Å². The minimum Gasteiger partial charge on any atom is -0.396 e. The number of hydrogen-bond acceptors (Lipinski definition) is 3. The predicted molar refractivity (Wildman–Crippen MR) is 63.4 cm³/mol. The second kappa shape index (κ2) is 5.82. The molecule has 1 aliphatic heterocycles. The number of carbonyl (C=O) groups excluding carboxylic acids is 1. The Morgan fingerprint density at radius 2 is 2.18 bits per heavy atom. The third kappa shape index (κ3) is 3.06. The van der Waals surface area contributed by atoms with Gasteiger partial charge in [-0.2, -0.15) is 5.10 Å². The summed E-state index contributed by atoms with van der Waals surface area (Å²) in [5.74, 6) is 0.165. The molecule has 0 bridgehead atoms. The molecule has 1 aromatic heterocycles. The molecule has 2 heterocycles. The topological polar surface area (TPSA) is 58.4 Å². The highest BCUT2D eigenvalue weighted by atomic mass is 16.3. The van der Waals surface area contributed by atoms with E-state index in [0.29, 0.717) is 18.9 Å². The molecule has 1 amide bonds. The smallest absolute Gasteiger partial charge is 0.222 e. The molecular formula is C12H19N3O2. The van der Waals surface area contributed by atoms with Crippen LogP contribution in [-0.2, 0) is 4.79 Å². The molecule has 1 fully saturated rings. The van der Waals surface area contributed by atoms with Crippen LogP contribution in [0.2, 0.25) is 0 Å². The summed E-state index contributed by atoms with van der Waals surface area (Å²) in [7, 11) is 0. The molecule has 1 aliphatic rings. The lowest BCUT2D eigenvalue weighted by molar-refractivity contribution is -0.132. The summed E-state index contributed by atoms with van der Waals surface area (Å²) in [6.45, 7) is 1.69. The molecule has 0 radical (unpaired) electrons.